The van der Waals surface area contributed by atoms with Crippen molar-refractivity contribution in [1.29, 1.82) is 0 Å². The summed E-state index contributed by atoms with van der Waals surface area (Å²) in [6.45, 7) is 9.55. The summed E-state index contributed by atoms with van der Waals surface area (Å²) in [5, 5.41) is 3.36. The highest BCUT2D eigenvalue weighted by atomic mass is 127. The van der Waals surface area contributed by atoms with Crippen LogP contribution in [0.15, 0.2) is 27.8 Å². The highest BCUT2D eigenvalue weighted by Crippen LogP contribution is 2.05. The first-order chi connectivity index (χ1) is 10.6. The molecule has 0 aliphatic carbocycles. The molecule has 23 heavy (non-hydrogen) atoms. The quantitative estimate of drug-likeness (QED) is 0.438. The fourth-order valence-corrected chi connectivity index (χ4v) is 2.45. The average Bonchev–Trinajstić information content (AvgIpc) is 2.99. The van der Waals surface area contributed by atoms with Crippen molar-refractivity contribution in [2.24, 2.45) is 4.99 Å². The number of guanidine groups is 1. The molecule has 6 nitrogen and oxygen atoms in total. The second-order valence-electron chi connectivity index (χ2n) is 5.73. The third kappa shape index (κ3) is 6.04. The van der Waals surface area contributed by atoms with Crippen LogP contribution in [0.3, 0.4) is 0 Å². The first-order valence-electron chi connectivity index (χ1n) is 7.96. The van der Waals surface area contributed by atoms with E-state index >= 15 is 0 Å². The van der Waals surface area contributed by atoms with Crippen molar-refractivity contribution in [2.75, 3.05) is 32.7 Å². The van der Waals surface area contributed by atoms with Crippen molar-refractivity contribution >= 4 is 35.8 Å². The van der Waals surface area contributed by atoms with Gasteiger partial charge in [-0.2, -0.15) is 0 Å². The fraction of sp³-hybridized carbons (Fsp3) is 0.625. The van der Waals surface area contributed by atoms with Crippen molar-refractivity contribution in [3.05, 3.63) is 24.2 Å². The van der Waals surface area contributed by atoms with Gasteiger partial charge in [0.2, 0.25) is 5.91 Å². The van der Waals surface area contributed by atoms with Crippen LogP contribution in [0.2, 0.25) is 0 Å². The van der Waals surface area contributed by atoms with Gasteiger partial charge >= 0.3 is 0 Å². The van der Waals surface area contributed by atoms with Crippen molar-refractivity contribution in [2.45, 2.75) is 33.2 Å². The maximum atomic E-state index is 12.1. The second kappa shape index (κ2) is 9.79. The van der Waals surface area contributed by atoms with Gasteiger partial charge in [-0.05, 0) is 32.9 Å². The third-order valence-electron chi connectivity index (χ3n) is 3.62. The summed E-state index contributed by atoms with van der Waals surface area (Å²) in [4.78, 5) is 20.6. The fourth-order valence-electron chi connectivity index (χ4n) is 2.45. The van der Waals surface area contributed by atoms with Crippen LogP contribution in [0.5, 0.6) is 0 Å². The number of carbonyl (C=O) groups is 1. The van der Waals surface area contributed by atoms with Gasteiger partial charge in [-0.15, -0.1) is 24.0 Å². The van der Waals surface area contributed by atoms with E-state index in [1.807, 2.05) is 28.9 Å². The van der Waals surface area contributed by atoms with Gasteiger partial charge in [0.25, 0.3) is 0 Å². The molecule has 0 spiro atoms. The standard InChI is InChI=1S/C16H26N4O2.HI/c1-4-19-9-10-20(12-15(19)21)16(18-13(2)3)17-8-7-14-6-5-11-22-14;/h5-6,11,13H,4,7-10,12H2,1-3H3,(H,17,18);1H. The van der Waals surface area contributed by atoms with Crippen LogP contribution in [-0.2, 0) is 11.2 Å². The lowest BCUT2D eigenvalue weighted by atomic mass is 10.3. The first-order valence-corrected chi connectivity index (χ1v) is 7.96. The summed E-state index contributed by atoms with van der Waals surface area (Å²) in [6, 6.07) is 4.12. The number of carbonyl (C=O) groups excluding carboxylic acids is 1. The molecule has 1 saturated heterocycles. The molecule has 0 saturated carbocycles. The number of nitrogens with zero attached hydrogens (tertiary/aromatic N) is 3. The van der Waals surface area contributed by atoms with E-state index in [4.69, 9.17) is 4.42 Å². The minimum Gasteiger partial charge on any atom is -0.469 e. The molecule has 0 aromatic carbocycles. The van der Waals surface area contributed by atoms with Gasteiger partial charge in [-0.1, -0.05) is 0 Å². The SMILES string of the molecule is CCN1CCN(C(=NCCc2ccco2)NC(C)C)CC1=O.I. The molecule has 0 unspecified atom stereocenters. The molecule has 2 heterocycles. The van der Waals surface area contributed by atoms with Crippen LogP contribution in [0.25, 0.3) is 0 Å². The zero-order valence-corrected chi connectivity index (χ0v) is 16.4. The smallest absolute Gasteiger partial charge is 0.242 e. The third-order valence-corrected chi connectivity index (χ3v) is 3.62. The van der Waals surface area contributed by atoms with Gasteiger partial charge < -0.3 is 19.5 Å². The van der Waals surface area contributed by atoms with E-state index < -0.39 is 0 Å². The molecule has 1 aromatic rings. The molecular formula is C16H27IN4O2. The van der Waals surface area contributed by atoms with Gasteiger partial charge in [0.1, 0.15) is 5.76 Å². The van der Waals surface area contributed by atoms with E-state index in [1.54, 1.807) is 6.26 Å². The molecule has 1 fully saturated rings. The number of amides is 1. The maximum absolute atomic E-state index is 12.1. The van der Waals surface area contributed by atoms with Crippen LogP contribution in [-0.4, -0.2) is 60.4 Å². The zero-order valence-electron chi connectivity index (χ0n) is 14.1. The number of likely N-dealkylation sites (N-methyl/N-ethyl adjacent to an activating group) is 1. The maximum Gasteiger partial charge on any atom is 0.242 e. The van der Waals surface area contributed by atoms with E-state index in [1.165, 1.54) is 0 Å². The van der Waals surface area contributed by atoms with Crippen LogP contribution in [0.1, 0.15) is 26.5 Å². The molecule has 1 aromatic heterocycles. The number of halogens is 1. The second-order valence-corrected chi connectivity index (χ2v) is 5.73. The molecule has 130 valence electrons. The summed E-state index contributed by atoms with van der Waals surface area (Å²) >= 11 is 0. The molecule has 1 N–H and O–H groups in total. The van der Waals surface area contributed by atoms with Crippen molar-refractivity contribution in [1.82, 2.24) is 15.1 Å². The Hall–Kier alpha value is -1.25. The highest BCUT2D eigenvalue weighted by molar-refractivity contribution is 14.0. The lowest BCUT2D eigenvalue weighted by Gasteiger charge is -2.36. The highest BCUT2D eigenvalue weighted by Gasteiger charge is 2.25. The Morgan fingerprint density at radius 3 is 2.78 bits per heavy atom. The largest absolute Gasteiger partial charge is 0.469 e. The van der Waals surface area contributed by atoms with Crippen molar-refractivity contribution < 1.29 is 9.21 Å². The zero-order chi connectivity index (χ0) is 15.9. The Balaban J connectivity index is 0.00000264. The molecule has 0 atom stereocenters. The summed E-state index contributed by atoms with van der Waals surface area (Å²) in [6.07, 6.45) is 2.44. The topological polar surface area (TPSA) is 61.1 Å². The van der Waals surface area contributed by atoms with E-state index in [9.17, 15) is 4.79 Å². The summed E-state index contributed by atoms with van der Waals surface area (Å²) in [5.41, 5.74) is 0. The summed E-state index contributed by atoms with van der Waals surface area (Å²) < 4.78 is 5.32. The van der Waals surface area contributed by atoms with E-state index in [0.29, 0.717) is 13.1 Å². The number of aliphatic imine (C=N–C) groups is 1. The predicted molar refractivity (Wildman–Crippen MR) is 102 cm³/mol. The van der Waals surface area contributed by atoms with Crippen LogP contribution >= 0.6 is 24.0 Å². The number of furan rings is 1. The average molecular weight is 434 g/mol. The van der Waals surface area contributed by atoms with Gasteiger partial charge in [-0.25, -0.2) is 0 Å². The Bertz CT molecular complexity index is 502. The van der Waals surface area contributed by atoms with E-state index in [-0.39, 0.29) is 35.9 Å². The van der Waals surface area contributed by atoms with Crippen LogP contribution in [0.4, 0.5) is 0 Å². The molecule has 0 radical (unpaired) electrons. The van der Waals surface area contributed by atoms with Gasteiger partial charge in [0.05, 0.1) is 12.8 Å². The predicted octanol–water partition coefficient (Wildman–Crippen LogP) is 1.96. The monoisotopic (exact) mass is 434 g/mol. The molecule has 2 rings (SSSR count). The number of hydrogen-bond acceptors (Lipinski definition) is 3. The van der Waals surface area contributed by atoms with Gasteiger partial charge in [0, 0.05) is 38.6 Å². The minimum absolute atomic E-state index is 0. The molecule has 7 heteroatoms. The lowest BCUT2D eigenvalue weighted by Crippen LogP contribution is -2.56. The van der Waals surface area contributed by atoms with E-state index in [2.05, 4.69) is 24.2 Å². The Morgan fingerprint density at radius 1 is 1.43 bits per heavy atom. The normalized spacial score (nSPS) is 15.8. The van der Waals surface area contributed by atoms with Gasteiger partial charge in [-0.3, -0.25) is 9.79 Å². The van der Waals surface area contributed by atoms with Gasteiger partial charge in [0.15, 0.2) is 5.96 Å². The molecular weight excluding hydrogens is 407 g/mol. The minimum atomic E-state index is 0. The summed E-state index contributed by atoms with van der Waals surface area (Å²) in [5.74, 6) is 1.91. The number of nitrogens with one attached hydrogen (secondary N) is 1. The van der Waals surface area contributed by atoms with E-state index in [0.717, 1.165) is 37.8 Å². The Kier molecular flexibility index (Phi) is 8.43. The molecule has 0 bridgehead atoms. The molecule has 1 amide bonds. The Labute approximate surface area is 155 Å². The molecule has 1 aliphatic rings. The van der Waals surface area contributed by atoms with Crippen molar-refractivity contribution in [3.63, 3.8) is 0 Å². The number of rotatable bonds is 5. The van der Waals surface area contributed by atoms with Crippen LogP contribution < -0.4 is 5.32 Å². The summed E-state index contributed by atoms with van der Waals surface area (Å²) in [7, 11) is 0. The number of hydrogen-bond donors (Lipinski definition) is 1. The lowest BCUT2D eigenvalue weighted by molar-refractivity contribution is -0.134. The first kappa shape index (κ1) is 19.8. The molecule has 1 aliphatic heterocycles. The van der Waals surface area contributed by atoms with Crippen molar-refractivity contribution in [3.8, 4) is 0 Å². The number of piperazine rings is 1. The Morgan fingerprint density at radius 2 is 2.22 bits per heavy atom. The van der Waals surface area contributed by atoms with Crippen LogP contribution in [0, 0.1) is 0 Å².